The Labute approximate surface area is 116 Å². The van der Waals surface area contributed by atoms with Gasteiger partial charge in [0.15, 0.2) is 0 Å². The van der Waals surface area contributed by atoms with Gasteiger partial charge in [0, 0.05) is 12.1 Å². The number of carboxylic acid groups (broad SMARTS) is 1. The summed E-state index contributed by atoms with van der Waals surface area (Å²) in [4.78, 5) is 23.3. The molecule has 20 heavy (non-hydrogen) atoms. The molecule has 3 rings (SSSR count). The first kappa shape index (κ1) is 13.1. The first-order valence-corrected chi connectivity index (χ1v) is 6.82. The number of fused-ring (bicyclic) bond motifs is 1. The van der Waals surface area contributed by atoms with E-state index in [-0.39, 0.29) is 12.5 Å². The van der Waals surface area contributed by atoms with Crippen molar-refractivity contribution < 1.29 is 19.4 Å². The van der Waals surface area contributed by atoms with Gasteiger partial charge in [-0.3, -0.25) is 9.59 Å². The number of rotatable bonds is 4. The summed E-state index contributed by atoms with van der Waals surface area (Å²) in [6, 6.07) is 5.48. The van der Waals surface area contributed by atoms with Gasteiger partial charge in [0.25, 0.3) is 5.91 Å². The maximum Gasteiger partial charge on any atom is 0.311 e. The van der Waals surface area contributed by atoms with Crippen LogP contribution in [0.1, 0.15) is 40.7 Å². The van der Waals surface area contributed by atoms with E-state index in [1.807, 2.05) is 12.1 Å². The first-order chi connectivity index (χ1) is 9.61. The molecule has 1 heterocycles. The van der Waals surface area contributed by atoms with Gasteiger partial charge in [-0.15, -0.1) is 0 Å². The summed E-state index contributed by atoms with van der Waals surface area (Å²) in [5.74, 6) is -1.03. The molecule has 0 unspecified atom stereocenters. The summed E-state index contributed by atoms with van der Waals surface area (Å²) in [5.41, 5.74) is 1.96. The van der Waals surface area contributed by atoms with Crippen molar-refractivity contribution in [3.05, 3.63) is 34.9 Å². The number of nitrogens with one attached hydrogen (secondary N) is 1. The predicted octanol–water partition coefficient (Wildman–Crippen LogP) is 1.70. The van der Waals surface area contributed by atoms with Crippen molar-refractivity contribution in [2.45, 2.75) is 32.5 Å². The van der Waals surface area contributed by atoms with Crippen molar-refractivity contribution in [2.75, 3.05) is 6.54 Å². The van der Waals surface area contributed by atoms with Crippen LogP contribution in [0.3, 0.4) is 0 Å². The molecule has 1 aliphatic heterocycles. The highest BCUT2D eigenvalue weighted by atomic mass is 16.5. The summed E-state index contributed by atoms with van der Waals surface area (Å²) < 4.78 is 5.31. The normalized spacial score (nSPS) is 19.0. The van der Waals surface area contributed by atoms with E-state index in [0.717, 1.165) is 17.5 Å². The largest absolute Gasteiger partial charge is 0.481 e. The zero-order valence-electron chi connectivity index (χ0n) is 11.1. The highest BCUT2D eigenvalue weighted by Crippen LogP contribution is 2.40. The average molecular weight is 275 g/mol. The second-order valence-corrected chi connectivity index (χ2v) is 5.60. The fourth-order valence-electron chi connectivity index (χ4n) is 2.73. The number of hydrogen-bond donors (Lipinski definition) is 2. The van der Waals surface area contributed by atoms with E-state index >= 15 is 0 Å². The zero-order chi connectivity index (χ0) is 14.2. The Morgan fingerprint density at radius 2 is 2.00 bits per heavy atom. The lowest BCUT2D eigenvalue weighted by Gasteiger charge is -2.37. The maximum absolute atomic E-state index is 12.1. The molecule has 2 aliphatic rings. The van der Waals surface area contributed by atoms with Crippen LogP contribution in [0.25, 0.3) is 0 Å². The van der Waals surface area contributed by atoms with Crippen molar-refractivity contribution in [3.63, 3.8) is 0 Å². The molecule has 1 aromatic carbocycles. The van der Waals surface area contributed by atoms with Gasteiger partial charge in [0.1, 0.15) is 0 Å². The van der Waals surface area contributed by atoms with Crippen LogP contribution >= 0.6 is 0 Å². The molecule has 1 fully saturated rings. The molecule has 1 amide bonds. The van der Waals surface area contributed by atoms with Gasteiger partial charge in [-0.05, 0) is 36.1 Å². The molecule has 0 atom stereocenters. The first-order valence-electron chi connectivity index (χ1n) is 6.82. The fraction of sp³-hybridized carbons (Fsp3) is 0.467. The predicted molar refractivity (Wildman–Crippen MR) is 71.2 cm³/mol. The molecule has 0 aromatic heterocycles. The van der Waals surface area contributed by atoms with Gasteiger partial charge in [0.05, 0.1) is 18.6 Å². The van der Waals surface area contributed by atoms with Gasteiger partial charge in [0.2, 0.25) is 0 Å². The Kier molecular flexibility index (Phi) is 3.22. The standard InChI is InChI=1S/C15H17NO4/c17-13(16-9-15(14(18)19)4-1-5-15)10-2-3-11-7-20-8-12(11)6-10/h2-3,6H,1,4-5,7-9H2,(H,16,17)(H,18,19). The van der Waals surface area contributed by atoms with Crippen LogP contribution in [-0.4, -0.2) is 23.5 Å². The minimum Gasteiger partial charge on any atom is -0.481 e. The smallest absolute Gasteiger partial charge is 0.311 e. The monoisotopic (exact) mass is 275 g/mol. The summed E-state index contributed by atoms with van der Waals surface area (Å²) in [6.07, 6.45) is 2.19. The van der Waals surface area contributed by atoms with Crippen molar-refractivity contribution in [1.82, 2.24) is 5.32 Å². The zero-order valence-corrected chi connectivity index (χ0v) is 11.1. The van der Waals surface area contributed by atoms with Crippen molar-refractivity contribution in [3.8, 4) is 0 Å². The quantitative estimate of drug-likeness (QED) is 0.877. The Balaban J connectivity index is 1.66. The topological polar surface area (TPSA) is 75.6 Å². The molecular formula is C15H17NO4. The van der Waals surface area contributed by atoms with E-state index in [2.05, 4.69) is 5.32 Å². The van der Waals surface area contributed by atoms with E-state index < -0.39 is 11.4 Å². The second-order valence-electron chi connectivity index (χ2n) is 5.60. The van der Waals surface area contributed by atoms with Crippen LogP contribution in [0.2, 0.25) is 0 Å². The number of aliphatic carboxylic acids is 1. The molecule has 1 aromatic rings. The van der Waals surface area contributed by atoms with Gasteiger partial charge >= 0.3 is 5.97 Å². The summed E-state index contributed by atoms with van der Waals surface area (Å²) in [5, 5.41) is 12.0. The number of hydrogen-bond acceptors (Lipinski definition) is 3. The molecule has 0 radical (unpaired) electrons. The van der Waals surface area contributed by atoms with Crippen molar-refractivity contribution in [2.24, 2.45) is 5.41 Å². The van der Waals surface area contributed by atoms with Gasteiger partial charge in [-0.25, -0.2) is 0 Å². The summed E-state index contributed by atoms with van der Waals surface area (Å²) in [7, 11) is 0. The van der Waals surface area contributed by atoms with Crippen LogP contribution in [0.4, 0.5) is 0 Å². The van der Waals surface area contributed by atoms with Crippen LogP contribution in [0, 0.1) is 5.41 Å². The summed E-state index contributed by atoms with van der Waals surface area (Å²) in [6.45, 7) is 1.34. The van der Waals surface area contributed by atoms with Crippen LogP contribution in [0.5, 0.6) is 0 Å². The van der Waals surface area contributed by atoms with E-state index in [1.54, 1.807) is 6.07 Å². The van der Waals surface area contributed by atoms with E-state index in [0.29, 0.717) is 31.6 Å². The van der Waals surface area contributed by atoms with E-state index in [4.69, 9.17) is 4.74 Å². The Morgan fingerprint density at radius 1 is 1.25 bits per heavy atom. The molecule has 0 saturated heterocycles. The maximum atomic E-state index is 12.1. The number of benzene rings is 1. The average Bonchev–Trinajstić information content (AvgIpc) is 2.83. The van der Waals surface area contributed by atoms with E-state index in [1.165, 1.54) is 0 Å². The van der Waals surface area contributed by atoms with Crippen LogP contribution in [0.15, 0.2) is 18.2 Å². The molecule has 106 valence electrons. The van der Waals surface area contributed by atoms with Gasteiger partial charge < -0.3 is 15.2 Å². The Bertz CT molecular complexity index is 563. The Morgan fingerprint density at radius 3 is 2.65 bits per heavy atom. The molecule has 1 saturated carbocycles. The number of carboxylic acids is 1. The van der Waals surface area contributed by atoms with Crippen LogP contribution in [-0.2, 0) is 22.7 Å². The lowest BCUT2D eigenvalue weighted by Crippen LogP contribution is -2.47. The van der Waals surface area contributed by atoms with E-state index in [9.17, 15) is 14.7 Å². The number of carbonyl (C=O) groups excluding carboxylic acids is 1. The molecule has 5 nitrogen and oxygen atoms in total. The Hall–Kier alpha value is -1.88. The fourth-order valence-corrected chi connectivity index (χ4v) is 2.73. The lowest BCUT2D eigenvalue weighted by molar-refractivity contribution is -0.153. The van der Waals surface area contributed by atoms with Crippen LogP contribution < -0.4 is 5.32 Å². The molecule has 2 N–H and O–H groups in total. The third-order valence-corrected chi connectivity index (χ3v) is 4.34. The third-order valence-electron chi connectivity index (χ3n) is 4.34. The number of amides is 1. The van der Waals surface area contributed by atoms with Gasteiger partial charge in [-0.1, -0.05) is 12.5 Å². The molecule has 0 bridgehead atoms. The lowest BCUT2D eigenvalue weighted by atomic mass is 9.69. The SMILES string of the molecule is O=C(NCC1(C(=O)O)CCC1)c1ccc2c(c1)COC2. The number of carbonyl (C=O) groups is 2. The minimum atomic E-state index is -0.814. The third kappa shape index (κ3) is 2.18. The number of ether oxygens (including phenoxy) is 1. The van der Waals surface area contributed by atoms with Gasteiger partial charge in [-0.2, -0.15) is 0 Å². The van der Waals surface area contributed by atoms with Crippen molar-refractivity contribution >= 4 is 11.9 Å². The second kappa shape index (κ2) is 4.90. The summed E-state index contributed by atoms with van der Waals surface area (Å²) >= 11 is 0. The van der Waals surface area contributed by atoms with Crippen molar-refractivity contribution in [1.29, 1.82) is 0 Å². The molecular weight excluding hydrogens is 258 g/mol. The highest BCUT2D eigenvalue weighted by molar-refractivity contribution is 5.94. The highest BCUT2D eigenvalue weighted by Gasteiger charge is 2.44. The molecule has 5 heteroatoms. The molecule has 0 spiro atoms. The minimum absolute atomic E-state index is 0.203. The molecule has 1 aliphatic carbocycles.